The van der Waals surface area contributed by atoms with Crippen LogP contribution in [-0.4, -0.2) is 10.2 Å². The van der Waals surface area contributed by atoms with Crippen LogP contribution in [0, 0.1) is 0 Å². The Morgan fingerprint density at radius 3 is 2.30 bits per heavy atom. The van der Waals surface area contributed by atoms with E-state index in [1.54, 1.807) is 30.4 Å². The summed E-state index contributed by atoms with van der Waals surface area (Å²) >= 11 is 0. The second-order valence-electron chi connectivity index (χ2n) is 4.99. The normalized spacial score (nSPS) is 14.1. The highest BCUT2D eigenvalue weighted by atomic mass is 31.2. The molecule has 118 valence electrons. The first kappa shape index (κ1) is 16.9. The number of aromatic hydroxyl groups is 2. The summed E-state index contributed by atoms with van der Waals surface area (Å²) in [6.45, 7) is 5.87. The monoisotopic (exact) mass is 326 g/mol. The summed E-state index contributed by atoms with van der Waals surface area (Å²) in [6.07, 6.45) is 7.17. The quantitative estimate of drug-likeness (QED) is 0.495. The van der Waals surface area contributed by atoms with Crippen LogP contribution in [0.2, 0.25) is 0 Å². The molecule has 0 spiro atoms. The van der Waals surface area contributed by atoms with Gasteiger partial charge in [0.05, 0.1) is 0 Å². The van der Waals surface area contributed by atoms with E-state index in [-0.39, 0.29) is 11.5 Å². The van der Waals surface area contributed by atoms with Crippen molar-refractivity contribution in [2.45, 2.75) is 6.92 Å². The largest absolute Gasteiger partial charge is 0.504 e. The van der Waals surface area contributed by atoms with Crippen molar-refractivity contribution in [1.29, 1.82) is 0 Å². The predicted molar refractivity (Wildman–Crippen MR) is 96.2 cm³/mol. The fourth-order valence-electron chi connectivity index (χ4n) is 2.21. The molecule has 0 aliphatic carbocycles. The minimum Gasteiger partial charge on any atom is -0.504 e. The molecule has 0 aliphatic rings. The number of phenolic OH excluding ortho intramolecular Hbond substituents is 2. The number of hydrogen-bond acceptors (Lipinski definition) is 3. The lowest BCUT2D eigenvalue weighted by Crippen LogP contribution is -2.16. The molecule has 2 aromatic rings. The average Bonchev–Trinajstić information content (AvgIpc) is 2.57. The molecule has 0 heterocycles. The molecule has 4 heteroatoms. The third kappa shape index (κ3) is 3.46. The third-order valence-electron chi connectivity index (χ3n) is 3.44. The van der Waals surface area contributed by atoms with Crippen molar-refractivity contribution in [3.63, 3.8) is 0 Å². The van der Waals surface area contributed by atoms with Gasteiger partial charge in [-0.15, -0.1) is 0 Å². The Bertz CT molecular complexity index is 805. The van der Waals surface area contributed by atoms with E-state index in [2.05, 4.69) is 6.58 Å². The minimum atomic E-state index is -3.19. The van der Waals surface area contributed by atoms with Crippen LogP contribution in [0.5, 0.6) is 11.5 Å². The van der Waals surface area contributed by atoms with Crippen molar-refractivity contribution in [2.75, 3.05) is 0 Å². The molecular formula is C19H19O3P. The lowest BCUT2D eigenvalue weighted by molar-refractivity contribution is 0.404. The molecule has 1 atom stereocenters. The van der Waals surface area contributed by atoms with E-state index in [1.165, 1.54) is 12.1 Å². The molecule has 0 bridgehead atoms. The minimum absolute atomic E-state index is 0.247. The van der Waals surface area contributed by atoms with Gasteiger partial charge < -0.3 is 14.8 Å². The van der Waals surface area contributed by atoms with Gasteiger partial charge in [0.25, 0.3) is 0 Å². The molecular weight excluding hydrogens is 307 g/mol. The first-order chi connectivity index (χ1) is 11.0. The van der Waals surface area contributed by atoms with E-state index in [0.717, 1.165) is 0 Å². The van der Waals surface area contributed by atoms with E-state index in [0.29, 0.717) is 15.9 Å². The van der Waals surface area contributed by atoms with Gasteiger partial charge in [-0.2, -0.15) is 0 Å². The topological polar surface area (TPSA) is 57.5 Å². The molecule has 2 N–H and O–H groups in total. The zero-order valence-corrected chi connectivity index (χ0v) is 13.8. The van der Waals surface area contributed by atoms with Gasteiger partial charge in [0.15, 0.2) is 18.6 Å². The average molecular weight is 326 g/mol. The van der Waals surface area contributed by atoms with Crippen molar-refractivity contribution >= 4 is 17.8 Å². The molecule has 0 aliphatic heterocycles. The number of hydrogen-bond donors (Lipinski definition) is 2. The van der Waals surface area contributed by atoms with Gasteiger partial charge in [0.1, 0.15) is 0 Å². The van der Waals surface area contributed by atoms with Crippen LogP contribution in [0.1, 0.15) is 6.92 Å². The molecule has 0 saturated carbocycles. The van der Waals surface area contributed by atoms with Gasteiger partial charge in [-0.1, -0.05) is 61.2 Å². The summed E-state index contributed by atoms with van der Waals surface area (Å²) < 4.78 is 13.8. The molecule has 0 fully saturated rings. The summed E-state index contributed by atoms with van der Waals surface area (Å²) in [5, 5.41) is 20.8. The van der Waals surface area contributed by atoms with Gasteiger partial charge in [0.2, 0.25) is 0 Å². The molecule has 1 unspecified atom stereocenters. The van der Waals surface area contributed by atoms with Crippen LogP contribution in [-0.2, 0) is 4.57 Å². The molecule has 0 saturated heterocycles. The van der Waals surface area contributed by atoms with Crippen LogP contribution in [0.15, 0.2) is 84.7 Å². The first-order valence-electron chi connectivity index (χ1n) is 7.17. The van der Waals surface area contributed by atoms with Gasteiger partial charge in [-0.25, -0.2) is 0 Å². The van der Waals surface area contributed by atoms with Gasteiger partial charge in [-0.05, 0) is 25.1 Å². The summed E-state index contributed by atoms with van der Waals surface area (Å²) in [5.74, 6) is -0.549. The first-order valence-corrected chi connectivity index (χ1v) is 8.88. The van der Waals surface area contributed by atoms with E-state index in [4.69, 9.17) is 0 Å². The summed E-state index contributed by atoms with van der Waals surface area (Å²) in [6, 6.07) is 13.2. The van der Waals surface area contributed by atoms with Crippen LogP contribution in [0.25, 0.3) is 0 Å². The van der Waals surface area contributed by atoms with Crippen molar-refractivity contribution in [2.24, 2.45) is 0 Å². The number of rotatable bonds is 5. The predicted octanol–water partition coefficient (Wildman–Crippen LogP) is 4.06. The van der Waals surface area contributed by atoms with E-state index in [9.17, 15) is 14.8 Å². The van der Waals surface area contributed by atoms with Crippen molar-refractivity contribution in [3.05, 3.63) is 84.7 Å². The highest BCUT2D eigenvalue weighted by Gasteiger charge is 2.30. The Morgan fingerprint density at radius 1 is 1.00 bits per heavy atom. The van der Waals surface area contributed by atoms with E-state index in [1.807, 2.05) is 37.3 Å². The highest BCUT2D eigenvalue weighted by Crippen LogP contribution is 2.52. The summed E-state index contributed by atoms with van der Waals surface area (Å²) in [4.78, 5) is 0. The Balaban J connectivity index is 2.62. The second-order valence-corrected chi connectivity index (χ2v) is 7.82. The smallest absolute Gasteiger partial charge is 0.170 e. The third-order valence-corrected chi connectivity index (χ3v) is 6.43. The van der Waals surface area contributed by atoms with Gasteiger partial charge >= 0.3 is 0 Å². The Labute approximate surface area is 136 Å². The fourth-order valence-corrected chi connectivity index (χ4v) is 4.65. The lowest BCUT2D eigenvalue weighted by Gasteiger charge is -2.20. The van der Waals surface area contributed by atoms with E-state index < -0.39 is 7.14 Å². The number of allylic oxidation sites excluding steroid dienone is 5. The standard InChI is InChI=1S/C19H19O3P/c1-3-4-6-9-15(2)23(22,16-10-7-5-8-11-16)17-12-13-18(20)19(21)14-17/h3-14,20-21H,2H2,1H3/b4-3-,9-6-. The molecule has 0 radical (unpaired) electrons. The van der Waals surface area contributed by atoms with Gasteiger partial charge in [0, 0.05) is 15.9 Å². The Morgan fingerprint density at radius 2 is 1.70 bits per heavy atom. The maximum Gasteiger partial charge on any atom is 0.170 e. The molecule has 2 rings (SSSR count). The molecule has 0 amide bonds. The van der Waals surface area contributed by atoms with Crippen molar-refractivity contribution < 1.29 is 14.8 Å². The van der Waals surface area contributed by atoms with Crippen LogP contribution in [0.3, 0.4) is 0 Å². The molecule has 2 aromatic carbocycles. The van der Waals surface area contributed by atoms with Crippen LogP contribution < -0.4 is 10.6 Å². The number of phenols is 2. The zero-order chi connectivity index (χ0) is 16.9. The van der Waals surface area contributed by atoms with Gasteiger partial charge in [-0.3, -0.25) is 0 Å². The lowest BCUT2D eigenvalue weighted by atomic mass is 10.3. The molecule has 0 aromatic heterocycles. The fraction of sp³-hybridized carbons (Fsp3) is 0.0526. The Kier molecular flexibility index (Phi) is 5.25. The van der Waals surface area contributed by atoms with Crippen molar-refractivity contribution in [3.8, 4) is 11.5 Å². The molecule has 3 nitrogen and oxygen atoms in total. The summed E-state index contributed by atoms with van der Waals surface area (Å²) in [5.41, 5.74) is 0. The Hall–Kier alpha value is -2.51. The highest BCUT2D eigenvalue weighted by molar-refractivity contribution is 7.82. The van der Waals surface area contributed by atoms with Crippen molar-refractivity contribution in [1.82, 2.24) is 0 Å². The van der Waals surface area contributed by atoms with Crippen LogP contribution >= 0.6 is 7.14 Å². The van der Waals surface area contributed by atoms with Crippen LogP contribution in [0.4, 0.5) is 0 Å². The maximum atomic E-state index is 13.8. The molecule has 23 heavy (non-hydrogen) atoms. The van der Waals surface area contributed by atoms with E-state index >= 15 is 0 Å². The SMILES string of the molecule is C=C(/C=C\C=C/C)P(=O)(c1ccccc1)c1ccc(O)c(O)c1. The summed E-state index contributed by atoms with van der Waals surface area (Å²) in [7, 11) is -3.19. The second kappa shape index (κ2) is 7.17. The maximum absolute atomic E-state index is 13.8. The zero-order valence-electron chi connectivity index (χ0n) is 12.9. The number of benzene rings is 2.